The molecule has 0 spiro atoms. The standard InChI is InChI=1S/C14H19NO3/c16-12-7-10(8-13(17)9-12)14(18)15-11-5-3-1-2-4-6-11/h7-9,11,16-17H,1-6H2,(H,15,18). The molecule has 0 unspecified atom stereocenters. The van der Waals surface area contributed by atoms with Crippen molar-refractivity contribution in [3.05, 3.63) is 23.8 Å². The molecule has 1 aliphatic rings. The number of hydrogen-bond acceptors (Lipinski definition) is 3. The third kappa shape index (κ3) is 3.39. The molecular weight excluding hydrogens is 230 g/mol. The van der Waals surface area contributed by atoms with Crippen LogP contribution in [0.25, 0.3) is 0 Å². The molecule has 0 heterocycles. The molecule has 1 aromatic carbocycles. The van der Waals surface area contributed by atoms with E-state index in [1.165, 1.54) is 31.0 Å². The number of carbonyl (C=O) groups is 1. The Morgan fingerprint density at radius 1 is 1.00 bits per heavy atom. The molecule has 0 atom stereocenters. The number of phenols is 2. The van der Waals surface area contributed by atoms with Crippen LogP contribution in [0.1, 0.15) is 48.9 Å². The summed E-state index contributed by atoms with van der Waals surface area (Å²) in [6, 6.07) is 4.16. The van der Waals surface area contributed by atoms with Crippen molar-refractivity contribution < 1.29 is 15.0 Å². The molecular formula is C14H19NO3. The number of nitrogens with one attached hydrogen (secondary N) is 1. The number of amides is 1. The first-order chi connectivity index (χ1) is 8.65. The SMILES string of the molecule is O=C(NC1CCCCCC1)c1cc(O)cc(O)c1. The van der Waals surface area contributed by atoms with Gasteiger partial charge in [0.05, 0.1) is 0 Å². The molecule has 3 N–H and O–H groups in total. The normalized spacial score (nSPS) is 17.1. The van der Waals surface area contributed by atoms with Crippen LogP contribution in [0, 0.1) is 0 Å². The van der Waals surface area contributed by atoms with Crippen LogP contribution in [-0.2, 0) is 0 Å². The first kappa shape index (κ1) is 12.7. The zero-order chi connectivity index (χ0) is 13.0. The average Bonchev–Trinajstić information content (AvgIpc) is 2.56. The van der Waals surface area contributed by atoms with Gasteiger partial charge in [0.25, 0.3) is 5.91 Å². The fourth-order valence-corrected chi connectivity index (χ4v) is 2.42. The maximum Gasteiger partial charge on any atom is 0.251 e. The van der Waals surface area contributed by atoms with Gasteiger partial charge < -0.3 is 15.5 Å². The summed E-state index contributed by atoms with van der Waals surface area (Å²) in [5, 5.41) is 21.7. The van der Waals surface area contributed by atoms with Gasteiger partial charge in [-0.1, -0.05) is 25.7 Å². The molecule has 1 aliphatic carbocycles. The maximum atomic E-state index is 12.0. The highest BCUT2D eigenvalue weighted by molar-refractivity contribution is 5.95. The summed E-state index contributed by atoms with van der Waals surface area (Å²) >= 11 is 0. The quantitative estimate of drug-likeness (QED) is 0.705. The monoisotopic (exact) mass is 249 g/mol. The fraction of sp³-hybridized carbons (Fsp3) is 0.500. The lowest BCUT2D eigenvalue weighted by atomic mass is 10.1. The van der Waals surface area contributed by atoms with Crippen molar-refractivity contribution in [2.24, 2.45) is 0 Å². The predicted molar refractivity (Wildman–Crippen MR) is 68.7 cm³/mol. The van der Waals surface area contributed by atoms with Gasteiger partial charge in [-0.3, -0.25) is 4.79 Å². The van der Waals surface area contributed by atoms with Gasteiger partial charge in [-0.05, 0) is 25.0 Å². The van der Waals surface area contributed by atoms with Gasteiger partial charge in [-0.15, -0.1) is 0 Å². The third-order valence-corrected chi connectivity index (χ3v) is 3.36. The second kappa shape index (κ2) is 5.76. The minimum Gasteiger partial charge on any atom is -0.508 e. The second-order valence-corrected chi connectivity index (χ2v) is 4.90. The molecule has 0 aliphatic heterocycles. The van der Waals surface area contributed by atoms with Crippen molar-refractivity contribution in [3.8, 4) is 11.5 Å². The molecule has 0 saturated heterocycles. The van der Waals surface area contributed by atoms with E-state index in [1.807, 2.05) is 0 Å². The number of aromatic hydroxyl groups is 2. The van der Waals surface area contributed by atoms with Gasteiger partial charge in [-0.25, -0.2) is 0 Å². The Morgan fingerprint density at radius 3 is 2.11 bits per heavy atom. The Kier molecular flexibility index (Phi) is 4.07. The van der Waals surface area contributed by atoms with E-state index in [4.69, 9.17) is 0 Å². The van der Waals surface area contributed by atoms with Gasteiger partial charge >= 0.3 is 0 Å². The molecule has 1 saturated carbocycles. The highest BCUT2D eigenvalue weighted by atomic mass is 16.3. The Bertz CT molecular complexity index is 403. The smallest absolute Gasteiger partial charge is 0.251 e. The average molecular weight is 249 g/mol. The van der Waals surface area contributed by atoms with Crippen molar-refractivity contribution >= 4 is 5.91 Å². The van der Waals surface area contributed by atoms with Gasteiger partial charge in [0.2, 0.25) is 0 Å². The lowest BCUT2D eigenvalue weighted by Crippen LogP contribution is -2.34. The van der Waals surface area contributed by atoms with Crippen LogP contribution in [0.3, 0.4) is 0 Å². The summed E-state index contributed by atoms with van der Waals surface area (Å²) < 4.78 is 0. The molecule has 2 rings (SSSR count). The van der Waals surface area contributed by atoms with Gasteiger partial charge in [0.15, 0.2) is 0 Å². The van der Waals surface area contributed by atoms with E-state index in [1.54, 1.807) is 0 Å². The van der Waals surface area contributed by atoms with Crippen LogP contribution in [0.2, 0.25) is 0 Å². The summed E-state index contributed by atoms with van der Waals surface area (Å²) in [4.78, 5) is 12.0. The summed E-state index contributed by atoms with van der Waals surface area (Å²) in [6.45, 7) is 0. The van der Waals surface area contributed by atoms with E-state index in [0.29, 0.717) is 5.56 Å². The van der Waals surface area contributed by atoms with Crippen molar-refractivity contribution in [3.63, 3.8) is 0 Å². The van der Waals surface area contributed by atoms with E-state index < -0.39 is 0 Å². The number of phenolic OH excluding ortho intramolecular Hbond substituents is 2. The molecule has 4 heteroatoms. The van der Waals surface area contributed by atoms with Crippen molar-refractivity contribution in [1.29, 1.82) is 0 Å². The Morgan fingerprint density at radius 2 is 1.56 bits per heavy atom. The summed E-state index contributed by atoms with van der Waals surface area (Å²) in [7, 11) is 0. The lowest BCUT2D eigenvalue weighted by Gasteiger charge is -2.16. The molecule has 0 radical (unpaired) electrons. The molecule has 0 bridgehead atoms. The van der Waals surface area contributed by atoms with Crippen LogP contribution < -0.4 is 5.32 Å². The van der Waals surface area contributed by atoms with Crippen molar-refractivity contribution in [2.45, 2.75) is 44.6 Å². The number of benzene rings is 1. The summed E-state index contributed by atoms with van der Waals surface area (Å²) in [5.74, 6) is -0.421. The number of hydrogen-bond donors (Lipinski definition) is 3. The summed E-state index contributed by atoms with van der Waals surface area (Å²) in [5.41, 5.74) is 0.303. The van der Waals surface area contributed by atoms with Crippen LogP contribution >= 0.6 is 0 Å². The highest BCUT2D eigenvalue weighted by Gasteiger charge is 2.16. The van der Waals surface area contributed by atoms with Crippen molar-refractivity contribution in [2.75, 3.05) is 0 Å². The zero-order valence-electron chi connectivity index (χ0n) is 10.4. The lowest BCUT2D eigenvalue weighted by molar-refractivity contribution is 0.0932. The third-order valence-electron chi connectivity index (χ3n) is 3.36. The van der Waals surface area contributed by atoms with Gasteiger partial charge in [0.1, 0.15) is 11.5 Å². The molecule has 98 valence electrons. The van der Waals surface area contributed by atoms with Crippen LogP contribution in [0.4, 0.5) is 0 Å². The first-order valence-electron chi connectivity index (χ1n) is 6.49. The molecule has 18 heavy (non-hydrogen) atoms. The molecule has 1 aromatic rings. The molecule has 0 aromatic heterocycles. The van der Waals surface area contributed by atoms with E-state index in [2.05, 4.69) is 5.32 Å². The minimum atomic E-state index is -0.229. The van der Waals surface area contributed by atoms with E-state index in [0.717, 1.165) is 25.7 Å². The van der Waals surface area contributed by atoms with Gasteiger partial charge in [-0.2, -0.15) is 0 Å². The van der Waals surface area contributed by atoms with E-state index in [-0.39, 0.29) is 23.4 Å². The topological polar surface area (TPSA) is 69.6 Å². The zero-order valence-corrected chi connectivity index (χ0v) is 10.4. The van der Waals surface area contributed by atoms with E-state index in [9.17, 15) is 15.0 Å². The summed E-state index contributed by atoms with van der Waals surface area (Å²) in [6.07, 6.45) is 6.79. The van der Waals surface area contributed by atoms with Crippen LogP contribution in [-0.4, -0.2) is 22.2 Å². The maximum absolute atomic E-state index is 12.0. The van der Waals surface area contributed by atoms with Crippen LogP contribution in [0.15, 0.2) is 18.2 Å². The first-order valence-corrected chi connectivity index (χ1v) is 6.49. The Hall–Kier alpha value is -1.71. The molecule has 1 amide bonds. The number of rotatable bonds is 2. The Balaban J connectivity index is 2.01. The predicted octanol–water partition coefficient (Wildman–Crippen LogP) is 2.55. The van der Waals surface area contributed by atoms with Crippen molar-refractivity contribution in [1.82, 2.24) is 5.32 Å². The second-order valence-electron chi connectivity index (χ2n) is 4.90. The van der Waals surface area contributed by atoms with Gasteiger partial charge in [0, 0.05) is 17.7 Å². The fourth-order valence-electron chi connectivity index (χ4n) is 2.42. The molecule has 4 nitrogen and oxygen atoms in total. The van der Waals surface area contributed by atoms with E-state index >= 15 is 0 Å². The molecule has 1 fully saturated rings. The van der Waals surface area contributed by atoms with Crippen LogP contribution in [0.5, 0.6) is 11.5 Å². The highest BCUT2D eigenvalue weighted by Crippen LogP contribution is 2.21. The minimum absolute atomic E-state index is 0.0963. The number of carbonyl (C=O) groups excluding carboxylic acids is 1. The largest absolute Gasteiger partial charge is 0.508 e. The Labute approximate surface area is 107 Å².